The van der Waals surface area contributed by atoms with Crippen LogP contribution in [-0.4, -0.2) is 47.9 Å². The number of aromatic nitrogens is 1. The first-order chi connectivity index (χ1) is 9.18. The van der Waals surface area contributed by atoms with Crippen molar-refractivity contribution in [1.82, 2.24) is 20.5 Å². The third-order valence-electron chi connectivity index (χ3n) is 3.13. The quantitative estimate of drug-likeness (QED) is 0.717. The van der Waals surface area contributed by atoms with Crippen LogP contribution in [0.15, 0.2) is 24.5 Å². The summed E-state index contributed by atoms with van der Waals surface area (Å²) in [6.45, 7) is 4.45. The van der Waals surface area contributed by atoms with Crippen LogP contribution in [0.25, 0.3) is 0 Å². The van der Waals surface area contributed by atoms with Crippen molar-refractivity contribution in [3.05, 3.63) is 30.1 Å². The molecule has 1 aliphatic heterocycles. The van der Waals surface area contributed by atoms with Gasteiger partial charge in [0.15, 0.2) is 0 Å². The van der Waals surface area contributed by atoms with Gasteiger partial charge in [-0.3, -0.25) is 14.6 Å². The zero-order valence-electron chi connectivity index (χ0n) is 10.9. The Balaban J connectivity index is 1.91. The molecule has 2 amide bonds. The van der Waals surface area contributed by atoms with Gasteiger partial charge in [-0.25, -0.2) is 0 Å². The highest BCUT2D eigenvalue weighted by Crippen LogP contribution is 2.09. The molecule has 0 aromatic carbocycles. The van der Waals surface area contributed by atoms with Crippen molar-refractivity contribution in [2.45, 2.75) is 13.0 Å². The average molecular weight is 262 g/mol. The number of carbonyl (C=O) groups excluding carboxylic acids is 2. The molecule has 1 aliphatic rings. The number of piperazine rings is 1. The molecule has 2 rings (SSSR count). The topological polar surface area (TPSA) is 74.3 Å². The molecule has 1 unspecified atom stereocenters. The lowest BCUT2D eigenvalue weighted by molar-refractivity contribution is -0.146. The van der Waals surface area contributed by atoms with Crippen LogP contribution in [0.5, 0.6) is 0 Å². The SMILES string of the molecule is CC(NC(=O)C(=O)N1CCNCC1)c1cccnc1. The Bertz CT molecular complexity index is 443. The molecule has 19 heavy (non-hydrogen) atoms. The second kappa shape index (κ2) is 6.29. The highest BCUT2D eigenvalue weighted by atomic mass is 16.2. The maximum Gasteiger partial charge on any atom is 0.311 e. The molecule has 2 N–H and O–H groups in total. The van der Waals surface area contributed by atoms with Crippen molar-refractivity contribution >= 4 is 11.8 Å². The highest BCUT2D eigenvalue weighted by molar-refractivity contribution is 6.35. The number of nitrogens with zero attached hydrogens (tertiary/aromatic N) is 2. The molecule has 0 radical (unpaired) electrons. The van der Waals surface area contributed by atoms with Gasteiger partial charge >= 0.3 is 11.8 Å². The predicted molar refractivity (Wildman–Crippen MR) is 70.2 cm³/mol. The fraction of sp³-hybridized carbons (Fsp3) is 0.462. The predicted octanol–water partition coefficient (Wildman–Crippen LogP) is -0.309. The summed E-state index contributed by atoms with van der Waals surface area (Å²) < 4.78 is 0. The van der Waals surface area contributed by atoms with E-state index in [9.17, 15) is 9.59 Å². The van der Waals surface area contributed by atoms with Crippen molar-refractivity contribution < 1.29 is 9.59 Å². The molecular formula is C13H18N4O2. The lowest BCUT2D eigenvalue weighted by atomic mass is 10.1. The first kappa shape index (κ1) is 13.5. The van der Waals surface area contributed by atoms with E-state index in [0.717, 1.165) is 18.7 Å². The molecule has 0 spiro atoms. The smallest absolute Gasteiger partial charge is 0.311 e. The van der Waals surface area contributed by atoms with E-state index in [1.54, 1.807) is 23.4 Å². The molecule has 102 valence electrons. The highest BCUT2D eigenvalue weighted by Gasteiger charge is 2.24. The van der Waals surface area contributed by atoms with E-state index in [-0.39, 0.29) is 6.04 Å². The van der Waals surface area contributed by atoms with Crippen LogP contribution in [0.1, 0.15) is 18.5 Å². The molecular weight excluding hydrogens is 244 g/mol. The summed E-state index contributed by atoms with van der Waals surface area (Å²) in [5, 5.41) is 5.84. The molecule has 1 saturated heterocycles. The molecule has 0 aliphatic carbocycles. The van der Waals surface area contributed by atoms with E-state index in [2.05, 4.69) is 15.6 Å². The molecule has 0 bridgehead atoms. The van der Waals surface area contributed by atoms with Crippen LogP contribution in [-0.2, 0) is 9.59 Å². The molecule has 1 aromatic heterocycles. The molecule has 0 saturated carbocycles. The van der Waals surface area contributed by atoms with Gasteiger partial charge in [0.1, 0.15) is 0 Å². The van der Waals surface area contributed by atoms with E-state index in [1.807, 2.05) is 13.0 Å². The number of rotatable bonds is 2. The average Bonchev–Trinajstić information content (AvgIpc) is 2.48. The van der Waals surface area contributed by atoms with Gasteiger partial charge < -0.3 is 15.5 Å². The number of carbonyl (C=O) groups is 2. The van der Waals surface area contributed by atoms with Gasteiger partial charge in [0.05, 0.1) is 6.04 Å². The fourth-order valence-corrected chi connectivity index (χ4v) is 1.99. The Kier molecular flexibility index (Phi) is 4.46. The molecule has 1 fully saturated rings. The minimum absolute atomic E-state index is 0.229. The molecule has 1 atom stereocenters. The normalized spacial score (nSPS) is 16.8. The summed E-state index contributed by atoms with van der Waals surface area (Å²) in [4.78, 5) is 29.4. The Morgan fingerprint density at radius 3 is 2.79 bits per heavy atom. The van der Waals surface area contributed by atoms with E-state index in [0.29, 0.717) is 13.1 Å². The van der Waals surface area contributed by atoms with Gasteiger partial charge in [-0.2, -0.15) is 0 Å². The Morgan fingerprint density at radius 1 is 1.42 bits per heavy atom. The standard InChI is InChI=1S/C13H18N4O2/c1-10(11-3-2-4-15-9-11)16-12(18)13(19)17-7-5-14-6-8-17/h2-4,9-10,14H,5-8H2,1H3,(H,16,18). The maximum absolute atomic E-state index is 11.9. The second-order valence-corrected chi connectivity index (χ2v) is 4.52. The number of amides is 2. The lowest BCUT2D eigenvalue weighted by Gasteiger charge is -2.27. The van der Waals surface area contributed by atoms with Gasteiger partial charge in [0.2, 0.25) is 0 Å². The van der Waals surface area contributed by atoms with Crippen molar-refractivity contribution in [2.75, 3.05) is 26.2 Å². The van der Waals surface area contributed by atoms with Crippen molar-refractivity contribution in [1.29, 1.82) is 0 Å². The summed E-state index contributed by atoms with van der Waals surface area (Å²) in [5.74, 6) is -1.02. The van der Waals surface area contributed by atoms with Gasteiger partial charge in [-0.05, 0) is 18.6 Å². The van der Waals surface area contributed by atoms with Crippen LogP contribution in [0, 0.1) is 0 Å². The third-order valence-corrected chi connectivity index (χ3v) is 3.13. The summed E-state index contributed by atoms with van der Waals surface area (Å²) in [7, 11) is 0. The van der Waals surface area contributed by atoms with Crippen LogP contribution in [0.2, 0.25) is 0 Å². The Hall–Kier alpha value is -1.95. The van der Waals surface area contributed by atoms with E-state index in [4.69, 9.17) is 0 Å². The van der Waals surface area contributed by atoms with Crippen LogP contribution < -0.4 is 10.6 Å². The van der Waals surface area contributed by atoms with Gasteiger partial charge in [-0.1, -0.05) is 6.07 Å². The van der Waals surface area contributed by atoms with Gasteiger partial charge in [0, 0.05) is 38.6 Å². The Morgan fingerprint density at radius 2 is 2.16 bits per heavy atom. The van der Waals surface area contributed by atoms with Crippen LogP contribution in [0.3, 0.4) is 0 Å². The number of hydrogen-bond acceptors (Lipinski definition) is 4. The van der Waals surface area contributed by atoms with Crippen molar-refractivity contribution in [3.63, 3.8) is 0 Å². The largest absolute Gasteiger partial charge is 0.341 e. The zero-order chi connectivity index (χ0) is 13.7. The fourth-order valence-electron chi connectivity index (χ4n) is 1.99. The minimum Gasteiger partial charge on any atom is -0.341 e. The van der Waals surface area contributed by atoms with E-state index < -0.39 is 11.8 Å². The maximum atomic E-state index is 11.9. The van der Waals surface area contributed by atoms with Crippen molar-refractivity contribution in [3.8, 4) is 0 Å². The molecule has 6 nitrogen and oxygen atoms in total. The molecule has 6 heteroatoms. The summed E-state index contributed by atoms with van der Waals surface area (Å²) in [5.41, 5.74) is 0.879. The van der Waals surface area contributed by atoms with E-state index in [1.165, 1.54) is 0 Å². The van der Waals surface area contributed by atoms with Gasteiger partial charge in [-0.15, -0.1) is 0 Å². The van der Waals surface area contributed by atoms with Crippen LogP contribution in [0.4, 0.5) is 0 Å². The summed E-state index contributed by atoms with van der Waals surface area (Å²) in [6, 6.07) is 3.44. The third kappa shape index (κ3) is 3.51. The molecule has 1 aromatic rings. The zero-order valence-corrected chi connectivity index (χ0v) is 10.9. The number of hydrogen-bond donors (Lipinski definition) is 2. The lowest BCUT2D eigenvalue weighted by Crippen LogP contribution is -2.51. The minimum atomic E-state index is -0.557. The van der Waals surface area contributed by atoms with E-state index >= 15 is 0 Å². The summed E-state index contributed by atoms with van der Waals surface area (Å²) >= 11 is 0. The number of pyridine rings is 1. The van der Waals surface area contributed by atoms with Crippen molar-refractivity contribution in [2.24, 2.45) is 0 Å². The molecule has 2 heterocycles. The second-order valence-electron chi connectivity index (χ2n) is 4.52. The monoisotopic (exact) mass is 262 g/mol. The van der Waals surface area contributed by atoms with Gasteiger partial charge in [0.25, 0.3) is 0 Å². The Labute approximate surface area is 112 Å². The number of nitrogens with one attached hydrogen (secondary N) is 2. The summed E-state index contributed by atoms with van der Waals surface area (Å²) in [6.07, 6.45) is 3.35. The first-order valence-corrected chi connectivity index (χ1v) is 6.39. The van der Waals surface area contributed by atoms with Crippen LogP contribution >= 0.6 is 0 Å². The first-order valence-electron chi connectivity index (χ1n) is 6.39.